The van der Waals surface area contributed by atoms with Crippen LogP contribution in [0.3, 0.4) is 0 Å². The van der Waals surface area contributed by atoms with Gasteiger partial charge >= 0.3 is 0 Å². The number of piperidine rings is 1. The number of rotatable bonds is 10. The molecular weight excluding hydrogens is 504 g/mol. The first-order chi connectivity index (χ1) is 18.6. The predicted molar refractivity (Wildman–Crippen MR) is 146 cm³/mol. The monoisotopic (exact) mass is 545 g/mol. The number of hydrogen-bond donors (Lipinski definition) is 2. The van der Waals surface area contributed by atoms with Crippen molar-refractivity contribution in [1.29, 1.82) is 0 Å². The Hall–Kier alpha value is -2.78. The standard InChI is InChI=1S/C30H41F2N3O4/c1-3-29(31,4-2)20-34-15-12-21(13-16-34)19-39-24-10-8-22(9-11-24)25-7-5-6-14-30(25,32)28(38)35-18-23(36)17-26(35)27(33)37/h5-11,14,21,23,25-26,36H,3-4,12-13,15-20H2,1-2H3,(H2,33,37). The summed E-state index contributed by atoms with van der Waals surface area (Å²) in [5.74, 6) is -1.52. The van der Waals surface area contributed by atoms with Crippen LogP contribution >= 0.6 is 0 Å². The van der Waals surface area contributed by atoms with E-state index >= 15 is 4.39 Å². The zero-order chi connectivity index (χ0) is 28.2. The van der Waals surface area contributed by atoms with E-state index < -0.39 is 41.2 Å². The molecule has 0 spiro atoms. The Morgan fingerprint density at radius 2 is 1.82 bits per heavy atom. The number of ether oxygens (including phenoxy) is 1. The molecule has 7 nitrogen and oxygen atoms in total. The Bertz CT molecular complexity index is 1070. The van der Waals surface area contributed by atoms with E-state index in [4.69, 9.17) is 10.5 Å². The Kier molecular flexibility index (Phi) is 9.11. The number of carbonyl (C=O) groups excluding carboxylic acids is 2. The SMILES string of the molecule is CCC(F)(CC)CN1CCC(COc2ccc(C3C=CC=CC3(F)C(=O)N3CC(O)CC3C(N)=O)cc2)CC1. The summed E-state index contributed by atoms with van der Waals surface area (Å²) in [5.41, 5.74) is 2.47. The second kappa shape index (κ2) is 12.2. The van der Waals surface area contributed by atoms with Crippen molar-refractivity contribution in [2.24, 2.45) is 11.7 Å². The van der Waals surface area contributed by atoms with E-state index in [9.17, 15) is 19.1 Å². The second-order valence-electron chi connectivity index (χ2n) is 11.2. The number of amides is 2. The van der Waals surface area contributed by atoms with Crippen LogP contribution in [0.2, 0.25) is 0 Å². The molecule has 0 saturated carbocycles. The number of allylic oxidation sites excluding steroid dienone is 3. The Labute approximate surface area is 229 Å². The van der Waals surface area contributed by atoms with E-state index in [2.05, 4.69) is 4.90 Å². The van der Waals surface area contributed by atoms with Crippen LogP contribution in [0.1, 0.15) is 57.4 Å². The molecule has 3 aliphatic rings. The third-order valence-electron chi connectivity index (χ3n) is 8.61. The van der Waals surface area contributed by atoms with Gasteiger partial charge in [-0.1, -0.05) is 44.2 Å². The van der Waals surface area contributed by atoms with Gasteiger partial charge in [0.25, 0.3) is 5.91 Å². The van der Waals surface area contributed by atoms with Crippen LogP contribution in [0.25, 0.3) is 0 Å². The highest BCUT2D eigenvalue weighted by Gasteiger charge is 2.51. The van der Waals surface area contributed by atoms with Gasteiger partial charge in [-0.05, 0) is 68.5 Å². The number of halogens is 2. The summed E-state index contributed by atoms with van der Waals surface area (Å²) in [4.78, 5) is 28.5. The number of carbonyl (C=O) groups is 2. The first kappa shape index (κ1) is 29.2. The molecule has 4 rings (SSSR count). The number of aliphatic hydroxyl groups excluding tert-OH is 1. The minimum atomic E-state index is -2.42. The quantitative estimate of drug-likeness (QED) is 0.468. The molecule has 2 fully saturated rings. The van der Waals surface area contributed by atoms with Crippen LogP contribution in [0.4, 0.5) is 8.78 Å². The lowest BCUT2D eigenvalue weighted by Gasteiger charge is -2.36. The lowest BCUT2D eigenvalue weighted by atomic mass is 9.79. The molecule has 1 aromatic carbocycles. The molecule has 9 heteroatoms. The summed E-state index contributed by atoms with van der Waals surface area (Å²) in [6.45, 7) is 6.42. The molecule has 0 bridgehead atoms. The van der Waals surface area contributed by atoms with Gasteiger partial charge in [0.05, 0.1) is 12.7 Å². The summed E-state index contributed by atoms with van der Waals surface area (Å²) in [6.07, 6.45) is 8.02. The van der Waals surface area contributed by atoms with Crippen molar-refractivity contribution in [2.45, 2.75) is 75.4 Å². The van der Waals surface area contributed by atoms with Crippen molar-refractivity contribution in [3.8, 4) is 5.75 Å². The van der Waals surface area contributed by atoms with E-state index in [1.807, 2.05) is 13.8 Å². The maximum atomic E-state index is 16.4. The minimum Gasteiger partial charge on any atom is -0.493 e. The molecule has 2 saturated heterocycles. The number of aliphatic hydroxyl groups is 1. The number of likely N-dealkylation sites (tertiary alicyclic amines) is 2. The van der Waals surface area contributed by atoms with E-state index in [-0.39, 0.29) is 13.0 Å². The first-order valence-electron chi connectivity index (χ1n) is 14.1. The lowest BCUT2D eigenvalue weighted by Crippen LogP contribution is -2.53. The number of hydrogen-bond acceptors (Lipinski definition) is 5. The van der Waals surface area contributed by atoms with Gasteiger partial charge in [-0.25, -0.2) is 8.78 Å². The van der Waals surface area contributed by atoms with Crippen LogP contribution in [0.5, 0.6) is 5.75 Å². The Morgan fingerprint density at radius 1 is 1.15 bits per heavy atom. The largest absolute Gasteiger partial charge is 0.493 e. The van der Waals surface area contributed by atoms with Crippen molar-refractivity contribution in [1.82, 2.24) is 9.80 Å². The number of nitrogens with zero attached hydrogens (tertiary/aromatic N) is 2. The summed E-state index contributed by atoms with van der Waals surface area (Å²) in [5, 5.41) is 10.00. The average molecular weight is 546 g/mol. The number of alkyl halides is 2. The van der Waals surface area contributed by atoms with Crippen LogP contribution in [0.15, 0.2) is 48.6 Å². The molecule has 214 valence electrons. The Balaban J connectivity index is 1.35. The molecule has 1 aromatic rings. The summed E-state index contributed by atoms with van der Waals surface area (Å²) in [6, 6.07) is 5.99. The normalized spacial score (nSPS) is 28.1. The Morgan fingerprint density at radius 3 is 2.44 bits per heavy atom. The molecule has 2 amide bonds. The summed E-state index contributed by atoms with van der Waals surface area (Å²) < 4.78 is 37.2. The van der Waals surface area contributed by atoms with Crippen LogP contribution in [-0.4, -0.2) is 83.0 Å². The van der Waals surface area contributed by atoms with Crippen LogP contribution in [-0.2, 0) is 9.59 Å². The maximum Gasteiger partial charge on any atom is 0.266 e. The minimum absolute atomic E-state index is 0.000539. The zero-order valence-corrected chi connectivity index (χ0v) is 22.9. The fraction of sp³-hybridized carbons (Fsp3) is 0.600. The van der Waals surface area contributed by atoms with Gasteiger partial charge < -0.3 is 25.4 Å². The topological polar surface area (TPSA) is 96.1 Å². The number of β-amino-alcohol motifs (C(OH)–C–C–N with tert-alkyl or cyclic N) is 1. The van der Waals surface area contributed by atoms with Gasteiger partial charge in [-0.15, -0.1) is 0 Å². The first-order valence-corrected chi connectivity index (χ1v) is 14.1. The second-order valence-corrected chi connectivity index (χ2v) is 11.2. The highest BCUT2D eigenvalue weighted by atomic mass is 19.1. The number of nitrogens with two attached hydrogens (primary N) is 1. The van der Waals surface area contributed by atoms with Crippen LogP contribution in [0, 0.1) is 5.92 Å². The van der Waals surface area contributed by atoms with Gasteiger partial charge in [0.1, 0.15) is 17.5 Å². The maximum absolute atomic E-state index is 16.4. The average Bonchev–Trinajstić information content (AvgIpc) is 3.34. The van der Waals surface area contributed by atoms with Crippen molar-refractivity contribution in [3.63, 3.8) is 0 Å². The molecule has 1 aliphatic carbocycles. The lowest BCUT2D eigenvalue weighted by molar-refractivity contribution is -0.146. The molecule has 3 N–H and O–H groups in total. The van der Waals surface area contributed by atoms with Crippen LogP contribution < -0.4 is 10.5 Å². The van der Waals surface area contributed by atoms with Gasteiger partial charge in [-0.3, -0.25) is 9.59 Å². The molecular formula is C30H41F2N3O4. The fourth-order valence-corrected chi connectivity index (χ4v) is 5.87. The molecule has 2 heterocycles. The highest BCUT2D eigenvalue weighted by Crippen LogP contribution is 2.40. The summed E-state index contributed by atoms with van der Waals surface area (Å²) >= 11 is 0. The van der Waals surface area contributed by atoms with E-state index in [1.54, 1.807) is 36.4 Å². The van der Waals surface area contributed by atoms with E-state index in [1.165, 1.54) is 12.2 Å². The highest BCUT2D eigenvalue weighted by molar-refractivity contribution is 5.94. The molecule has 0 radical (unpaired) electrons. The smallest absolute Gasteiger partial charge is 0.266 e. The summed E-state index contributed by atoms with van der Waals surface area (Å²) in [7, 11) is 0. The van der Waals surface area contributed by atoms with Gasteiger partial charge in [-0.2, -0.15) is 0 Å². The third kappa shape index (κ3) is 6.52. The molecule has 39 heavy (non-hydrogen) atoms. The zero-order valence-electron chi connectivity index (χ0n) is 22.9. The van der Waals surface area contributed by atoms with E-state index in [0.29, 0.717) is 43.2 Å². The molecule has 4 unspecified atom stereocenters. The van der Waals surface area contributed by atoms with Gasteiger partial charge in [0.2, 0.25) is 11.6 Å². The fourth-order valence-electron chi connectivity index (χ4n) is 5.87. The van der Waals surface area contributed by atoms with Gasteiger partial charge in [0.15, 0.2) is 0 Å². The van der Waals surface area contributed by atoms with E-state index in [0.717, 1.165) is 30.8 Å². The van der Waals surface area contributed by atoms with Gasteiger partial charge in [0, 0.05) is 25.4 Å². The van der Waals surface area contributed by atoms with Crippen molar-refractivity contribution < 1.29 is 28.2 Å². The van der Waals surface area contributed by atoms with Crippen molar-refractivity contribution >= 4 is 11.8 Å². The predicted octanol–water partition coefficient (Wildman–Crippen LogP) is 3.67. The number of primary amides is 1. The molecule has 0 aromatic heterocycles. The molecule has 4 atom stereocenters. The van der Waals surface area contributed by atoms with Crippen molar-refractivity contribution in [3.05, 3.63) is 54.1 Å². The molecule has 2 aliphatic heterocycles. The third-order valence-corrected chi connectivity index (χ3v) is 8.61. The number of benzene rings is 1. The van der Waals surface area contributed by atoms with Crippen molar-refractivity contribution in [2.75, 3.05) is 32.8 Å².